The van der Waals surface area contributed by atoms with Gasteiger partial charge in [0.25, 0.3) is 0 Å². The van der Waals surface area contributed by atoms with Gasteiger partial charge in [-0.15, -0.1) is 0 Å². The van der Waals surface area contributed by atoms with Crippen molar-refractivity contribution in [3.8, 4) is 0 Å². The highest BCUT2D eigenvalue weighted by Gasteiger charge is 2.19. The van der Waals surface area contributed by atoms with Crippen LogP contribution in [-0.2, 0) is 9.47 Å². The average molecular weight is 204 g/mol. The summed E-state index contributed by atoms with van der Waals surface area (Å²) in [5.74, 6) is 0.795. The number of ether oxygens (including phenoxy) is 2. The number of rotatable bonds is 1. The highest BCUT2D eigenvalue weighted by Crippen LogP contribution is 2.25. The Kier molecular flexibility index (Phi) is 7.20. The van der Waals surface area contributed by atoms with Crippen molar-refractivity contribution in [2.45, 2.75) is 59.2 Å². The summed E-state index contributed by atoms with van der Waals surface area (Å²) in [6, 6.07) is 0. The Bertz CT molecular complexity index is 138. The molecule has 14 heavy (non-hydrogen) atoms. The van der Waals surface area contributed by atoms with Gasteiger partial charge in [0.15, 0.2) is 0 Å². The Balaban J connectivity index is 0. The molecule has 2 nitrogen and oxygen atoms in total. The lowest BCUT2D eigenvalue weighted by Gasteiger charge is -2.26. The first-order valence-corrected chi connectivity index (χ1v) is 5.38. The van der Waals surface area contributed by atoms with Gasteiger partial charge >= 0.3 is 0 Å². The summed E-state index contributed by atoms with van der Waals surface area (Å²) in [4.78, 5) is 0. The van der Waals surface area contributed by atoms with Crippen molar-refractivity contribution in [2.24, 2.45) is 5.92 Å². The van der Waals surface area contributed by atoms with Crippen molar-refractivity contribution in [3.05, 3.63) is 0 Å². The molecule has 0 N–H and O–H groups in total. The van der Waals surface area contributed by atoms with E-state index in [1.807, 2.05) is 7.11 Å². The zero-order chi connectivity index (χ0) is 9.68. The minimum atomic E-state index is 0. The monoisotopic (exact) mass is 204 g/mol. The van der Waals surface area contributed by atoms with Crippen molar-refractivity contribution < 1.29 is 10.9 Å². The second-order valence-corrected chi connectivity index (χ2v) is 4.18. The van der Waals surface area contributed by atoms with Crippen LogP contribution in [0, 0.1) is 5.92 Å². The summed E-state index contributed by atoms with van der Waals surface area (Å²) in [6.07, 6.45) is 6.54. The highest BCUT2D eigenvalue weighted by molar-refractivity contribution is 4.71. The van der Waals surface area contributed by atoms with Gasteiger partial charge in [0.2, 0.25) is 0 Å². The predicted molar refractivity (Wildman–Crippen MR) is 62.7 cm³/mol. The van der Waals surface area contributed by atoms with Gasteiger partial charge in [-0.2, -0.15) is 0 Å². The van der Waals surface area contributed by atoms with Crippen LogP contribution in [0.15, 0.2) is 0 Å². The lowest BCUT2D eigenvalue weighted by Crippen LogP contribution is -2.23. The third kappa shape index (κ3) is 5.61. The molecule has 1 saturated heterocycles. The van der Waals surface area contributed by atoms with E-state index in [-0.39, 0.29) is 8.85 Å². The summed E-state index contributed by atoms with van der Waals surface area (Å²) >= 11 is 0. The maximum Gasteiger partial charge on any atom is 0.0781 e. The minimum Gasteiger partial charge on any atom is -0.381 e. The van der Waals surface area contributed by atoms with Crippen molar-refractivity contribution in [1.82, 2.24) is 0 Å². The molecular weight excluding hydrogens is 176 g/mol. The highest BCUT2D eigenvalue weighted by atomic mass is 16.6. The molecule has 2 fully saturated rings. The molecule has 1 heterocycles. The van der Waals surface area contributed by atoms with Crippen LogP contribution in [0.1, 0.15) is 48.4 Å². The first kappa shape index (κ1) is 13.9. The van der Waals surface area contributed by atoms with Crippen LogP contribution in [-0.4, -0.2) is 25.9 Å². The van der Waals surface area contributed by atoms with Gasteiger partial charge in [-0.1, -0.05) is 27.2 Å². The van der Waals surface area contributed by atoms with Gasteiger partial charge < -0.3 is 9.47 Å². The zero-order valence-electron chi connectivity index (χ0n) is 9.08. The molecule has 0 spiro atoms. The molecule has 0 amide bonds. The Morgan fingerprint density at radius 2 is 1.71 bits per heavy atom. The van der Waals surface area contributed by atoms with E-state index >= 15 is 0 Å². The van der Waals surface area contributed by atoms with Gasteiger partial charge in [0, 0.05) is 8.54 Å². The van der Waals surface area contributed by atoms with E-state index in [9.17, 15) is 0 Å². The second kappa shape index (κ2) is 7.24. The van der Waals surface area contributed by atoms with Crippen molar-refractivity contribution in [1.29, 1.82) is 0 Å². The van der Waals surface area contributed by atoms with E-state index < -0.39 is 0 Å². The molecule has 1 aliphatic carbocycles. The van der Waals surface area contributed by atoms with E-state index in [0.717, 1.165) is 12.5 Å². The lowest BCUT2D eigenvalue weighted by atomic mass is 9.88. The molecule has 2 rings (SSSR count). The number of hydrogen-bond donors (Lipinski definition) is 0. The smallest absolute Gasteiger partial charge is 0.0781 e. The van der Waals surface area contributed by atoms with Crippen LogP contribution in [0.25, 0.3) is 0 Å². The average Bonchev–Trinajstić information content (AvgIpc) is 2.90. The summed E-state index contributed by atoms with van der Waals surface area (Å²) in [6.45, 7) is 5.33. The molecular formula is C12H28O2. The van der Waals surface area contributed by atoms with Crippen LogP contribution in [0.4, 0.5) is 0 Å². The number of hydrogen-bond acceptors (Lipinski definition) is 2. The number of methoxy groups -OCH3 is 1. The van der Waals surface area contributed by atoms with Gasteiger partial charge in [-0.3, -0.25) is 0 Å². The topological polar surface area (TPSA) is 21.8 Å². The van der Waals surface area contributed by atoms with E-state index in [1.165, 1.54) is 25.7 Å². The molecule has 0 bridgehead atoms. The first-order valence-electron chi connectivity index (χ1n) is 5.38. The summed E-state index contributed by atoms with van der Waals surface area (Å²) < 4.78 is 10.0. The molecule has 0 radical (unpaired) electrons. The summed E-state index contributed by atoms with van der Waals surface area (Å²) in [7, 11) is 1.83. The third-order valence-corrected chi connectivity index (χ3v) is 2.84. The van der Waals surface area contributed by atoms with E-state index in [4.69, 9.17) is 9.47 Å². The van der Waals surface area contributed by atoms with Crippen LogP contribution in [0.3, 0.4) is 0 Å². The number of epoxide rings is 1. The second-order valence-electron chi connectivity index (χ2n) is 4.18. The molecule has 0 aromatic heterocycles. The Morgan fingerprint density at radius 3 is 2.00 bits per heavy atom. The molecule has 3 unspecified atom stereocenters. The van der Waals surface area contributed by atoms with Crippen LogP contribution < -0.4 is 0 Å². The van der Waals surface area contributed by atoms with Gasteiger partial charge in [-0.05, 0) is 25.7 Å². The molecule has 0 aromatic rings. The van der Waals surface area contributed by atoms with Crippen LogP contribution in [0.5, 0.6) is 0 Å². The van der Waals surface area contributed by atoms with Gasteiger partial charge in [-0.25, -0.2) is 0 Å². The Labute approximate surface area is 90.5 Å². The lowest BCUT2D eigenvalue weighted by molar-refractivity contribution is 0.0310. The molecule has 3 atom stereocenters. The fourth-order valence-corrected chi connectivity index (χ4v) is 1.73. The summed E-state index contributed by atoms with van der Waals surface area (Å²) in [5, 5.41) is 0. The standard InChI is InChI=1S/C8H16O.C3H6O.CH4.H2/c1-7-5-3-4-6-8(7)9-2;1-3-2-4-3;;/h7-8H,3-6H2,1-2H3;3H,2H2,1H3;1H4;1H. The SMILES string of the molecule is C.CC1CO1.COC1CCCCC1C.[HH]. The van der Waals surface area contributed by atoms with E-state index in [1.54, 1.807) is 0 Å². The molecule has 1 saturated carbocycles. The van der Waals surface area contributed by atoms with Crippen molar-refractivity contribution >= 4 is 0 Å². The van der Waals surface area contributed by atoms with E-state index in [2.05, 4.69) is 13.8 Å². The van der Waals surface area contributed by atoms with Crippen LogP contribution >= 0.6 is 0 Å². The molecule has 2 heteroatoms. The molecule has 0 aromatic carbocycles. The minimum absolute atomic E-state index is 0. The van der Waals surface area contributed by atoms with Crippen molar-refractivity contribution in [3.63, 3.8) is 0 Å². The van der Waals surface area contributed by atoms with Gasteiger partial charge in [0.1, 0.15) is 0 Å². The summed E-state index contributed by atoms with van der Waals surface area (Å²) in [5.41, 5.74) is 0. The maximum atomic E-state index is 5.30. The quantitative estimate of drug-likeness (QED) is 0.610. The molecule has 1 aliphatic heterocycles. The molecule has 2 aliphatic rings. The van der Waals surface area contributed by atoms with E-state index in [0.29, 0.717) is 12.2 Å². The fraction of sp³-hybridized carbons (Fsp3) is 1.00. The fourth-order valence-electron chi connectivity index (χ4n) is 1.73. The Hall–Kier alpha value is -0.0800. The first-order chi connectivity index (χ1) is 6.24. The molecule has 88 valence electrons. The van der Waals surface area contributed by atoms with Crippen LogP contribution in [0.2, 0.25) is 0 Å². The Morgan fingerprint density at radius 1 is 1.21 bits per heavy atom. The third-order valence-electron chi connectivity index (χ3n) is 2.84. The largest absolute Gasteiger partial charge is 0.381 e. The normalized spacial score (nSPS) is 34.9. The van der Waals surface area contributed by atoms with Crippen molar-refractivity contribution in [2.75, 3.05) is 13.7 Å². The predicted octanol–water partition coefficient (Wildman–Crippen LogP) is 3.50. The maximum absolute atomic E-state index is 5.30. The van der Waals surface area contributed by atoms with Gasteiger partial charge in [0.05, 0.1) is 18.8 Å². The zero-order valence-corrected chi connectivity index (χ0v) is 9.08.